The topological polar surface area (TPSA) is 26.3 Å². The Morgan fingerprint density at radius 3 is 2.08 bits per heavy atom. The highest BCUT2D eigenvalue weighted by Crippen LogP contribution is 2.63. The molecule has 2 nitrogen and oxygen atoms in total. The molecular formula is C22H38O2. The Morgan fingerprint density at radius 1 is 0.917 bits per heavy atom. The molecule has 2 heteroatoms. The smallest absolute Gasteiger partial charge is 0.308 e. The molecule has 0 unspecified atom stereocenters. The van der Waals surface area contributed by atoms with Crippen molar-refractivity contribution in [3.8, 4) is 0 Å². The lowest BCUT2D eigenvalue weighted by Crippen LogP contribution is -2.46. The first-order chi connectivity index (χ1) is 11.6. The predicted octanol–water partition coefficient (Wildman–Crippen LogP) is 6.28. The van der Waals surface area contributed by atoms with E-state index in [2.05, 4.69) is 13.8 Å². The van der Waals surface area contributed by atoms with Crippen LogP contribution in [0.3, 0.4) is 0 Å². The van der Waals surface area contributed by atoms with E-state index >= 15 is 0 Å². The van der Waals surface area contributed by atoms with Crippen LogP contribution in [0.2, 0.25) is 0 Å². The monoisotopic (exact) mass is 334 g/mol. The molecule has 0 radical (unpaired) electrons. The van der Waals surface area contributed by atoms with E-state index in [1.165, 1.54) is 70.6 Å². The first kappa shape index (κ1) is 18.3. The van der Waals surface area contributed by atoms with Crippen molar-refractivity contribution in [3.05, 3.63) is 0 Å². The molecule has 2 bridgehead atoms. The number of rotatable bonds is 7. The highest BCUT2D eigenvalue weighted by Gasteiger charge is 2.51. The fourth-order valence-electron chi connectivity index (χ4n) is 6.09. The second-order valence-electron chi connectivity index (χ2n) is 9.18. The zero-order valence-electron chi connectivity index (χ0n) is 16.1. The third-order valence-corrected chi connectivity index (χ3v) is 7.90. The first-order valence-electron chi connectivity index (χ1n) is 10.8. The highest BCUT2D eigenvalue weighted by molar-refractivity contribution is 5.72. The number of carbonyl (C=O) groups is 1. The van der Waals surface area contributed by atoms with E-state index in [9.17, 15) is 4.79 Å². The summed E-state index contributed by atoms with van der Waals surface area (Å²) in [5, 5.41) is 0. The van der Waals surface area contributed by atoms with Gasteiger partial charge in [0.15, 0.2) is 0 Å². The van der Waals surface area contributed by atoms with Crippen LogP contribution in [-0.2, 0) is 9.53 Å². The summed E-state index contributed by atoms with van der Waals surface area (Å²) in [5.74, 6) is 1.16. The van der Waals surface area contributed by atoms with E-state index in [4.69, 9.17) is 4.74 Å². The largest absolute Gasteiger partial charge is 0.465 e. The second-order valence-corrected chi connectivity index (χ2v) is 9.18. The number of esters is 1. The molecule has 4 aliphatic carbocycles. The summed E-state index contributed by atoms with van der Waals surface area (Å²) in [5.41, 5.74) is 1.37. The average molecular weight is 335 g/mol. The van der Waals surface area contributed by atoms with E-state index in [1.807, 2.05) is 0 Å². The molecule has 0 atom stereocenters. The van der Waals surface area contributed by atoms with Crippen molar-refractivity contribution in [1.29, 1.82) is 0 Å². The summed E-state index contributed by atoms with van der Waals surface area (Å²) in [6.07, 6.45) is 18.8. The van der Waals surface area contributed by atoms with Gasteiger partial charge in [0.1, 0.15) is 0 Å². The van der Waals surface area contributed by atoms with Crippen LogP contribution >= 0.6 is 0 Å². The number of hydrogen-bond acceptors (Lipinski definition) is 2. The SMILES string of the molecule is CCCCC12CCC(C3CCC(C(=O)OCCC)CC3)(CC1)CC2. The fraction of sp³-hybridized carbons (Fsp3) is 0.955. The third-order valence-electron chi connectivity index (χ3n) is 7.90. The summed E-state index contributed by atoms with van der Waals surface area (Å²) in [6, 6.07) is 0. The van der Waals surface area contributed by atoms with Crippen LogP contribution in [0.5, 0.6) is 0 Å². The lowest BCUT2D eigenvalue weighted by Gasteiger charge is -2.58. The molecule has 0 aliphatic heterocycles. The Labute approximate surface area is 149 Å². The molecular weight excluding hydrogens is 296 g/mol. The minimum atomic E-state index is 0.0821. The maximum atomic E-state index is 12.1. The maximum Gasteiger partial charge on any atom is 0.308 e. The fourth-order valence-corrected chi connectivity index (χ4v) is 6.09. The van der Waals surface area contributed by atoms with E-state index in [-0.39, 0.29) is 11.9 Å². The summed E-state index contributed by atoms with van der Waals surface area (Å²) >= 11 is 0. The van der Waals surface area contributed by atoms with Crippen LogP contribution in [-0.4, -0.2) is 12.6 Å². The highest BCUT2D eigenvalue weighted by atomic mass is 16.5. The molecule has 4 rings (SSSR count). The average Bonchev–Trinajstić information content (AvgIpc) is 2.66. The Balaban J connectivity index is 1.50. The van der Waals surface area contributed by atoms with Gasteiger partial charge in [-0.3, -0.25) is 4.79 Å². The number of unbranched alkanes of at least 4 members (excludes halogenated alkanes) is 1. The molecule has 4 fully saturated rings. The Morgan fingerprint density at radius 2 is 1.54 bits per heavy atom. The molecule has 0 N–H and O–H groups in total. The molecule has 4 aliphatic rings. The second kappa shape index (κ2) is 7.79. The van der Waals surface area contributed by atoms with Crippen molar-refractivity contribution in [3.63, 3.8) is 0 Å². The summed E-state index contributed by atoms with van der Waals surface area (Å²) in [6.45, 7) is 5.00. The van der Waals surface area contributed by atoms with E-state index < -0.39 is 0 Å². The molecule has 0 amide bonds. The lowest BCUT2D eigenvalue weighted by molar-refractivity contribution is -0.151. The lowest BCUT2D eigenvalue weighted by atomic mass is 9.47. The molecule has 0 spiro atoms. The van der Waals surface area contributed by atoms with Gasteiger partial charge < -0.3 is 4.74 Å². The zero-order valence-corrected chi connectivity index (χ0v) is 16.1. The van der Waals surface area contributed by atoms with Crippen molar-refractivity contribution in [2.24, 2.45) is 22.7 Å². The summed E-state index contributed by atoms with van der Waals surface area (Å²) in [4.78, 5) is 12.1. The van der Waals surface area contributed by atoms with Crippen LogP contribution in [0.1, 0.15) is 104 Å². The van der Waals surface area contributed by atoms with Gasteiger partial charge in [0, 0.05) is 0 Å². The van der Waals surface area contributed by atoms with Crippen molar-refractivity contribution >= 4 is 5.97 Å². The molecule has 0 heterocycles. The van der Waals surface area contributed by atoms with Crippen LogP contribution in [0.4, 0.5) is 0 Å². The minimum Gasteiger partial charge on any atom is -0.465 e. The number of carbonyl (C=O) groups excluding carboxylic acids is 1. The molecule has 0 aromatic rings. The van der Waals surface area contributed by atoms with Crippen molar-refractivity contribution in [1.82, 2.24) is 0 Å². The van der Waals surface area contributed by atoms with Crippen LogP contribution in [0.15, 0.2) is 0 Å². The Bertz CT molecular complexity index is 395. The predicted molar refractivity (Wildman–Crippen MR) is 98.8 cm³/mol. The molecule has 0 aromatic heterocycles. The van der Waals surface area contributed by atoms with Gasteiger partial charge in [-0.25, -0.2) is 0 Å². The van der Waals surface area contributed by atoms with Crippen LogP contribution in [0.25, 0.3) is 0 Å². The number of fused-ring (bicyclic) bond motifs is 3. The van der Waals surface area contributed by atoms with E-state index in [0.717, 1.165) is 30.6 Å². The Hall–Kier alpha value is -0.530. The molecule has 0 saturated heterocycles. The van der Waals surface area contributed by atoms with Gasteiger partial charge in [-0.05, 0) is 93.8 Å². The zero-order chi connectivity index (χ0) is 17.0. The van der Waals surface area contributed by atoms with Gasteiger partial charge in [0.2, 0.25) is 0 Å². The van der Waals surface area contributed by atoms with Gasteiger partial charge in [-0.2, -0.15) is 0 Å². The van der Waals surface area contributed by atoms with Crippen molar-refractivity contribution in [2.45, 2.75) is 104 Å². The van der Waals surface area contributed by atoms with Gasteiger partial charge in [0.05, 0.1) is 12.5 Å². The maximum absolute atomic E-state index is 12.1. The molecule has 138 valence electrons. The summed E-state index contributed by atoms with van der Waals surface area (Å²) < 4.78 is 5.38. The Kier molecular flexibility index (Phi) is 5.93. The minimum absolute atomic E-state index is 0.0821. The van der Waals surface area contributed by atoms with Crippen LogP contribution in [0, 0.1) is 22.7 Å². The van der Waals surface area contributed by atoms with Crippen molar-refractivity contribution < 1.29 is 9.53 Å². The molecule has 0 aromatic carbocycles. The standard InChI is InChI=1S/C22H38O2/c1-3-5-10-21-11-14-22(15-12-21,16-13-21)19-8-6-18(7-9-19)20(23)24-17-4-2/h18-19H,3-17H2,1-2H3. The van der Waals surface area contributed by atoms with Crippen molar-refractivity contribution in [2.75, 3.05) is 6.61 Å². The van der Waals surface area contributed by atoms with Gasteiger partial charge in [-0.15, -0.1) is 0 Å². The van der Waals surface area contributed by atoms with E-state index in [0.29, 0.717) is 12.0 Å². The normalized spacial score (nSPS) is 38.9. The van der Waals surface area contributed by atoms with Gasteiger partial charge in [0.25, 0.3) is 0 Å². The molecule has 24 heavy (non-hydrogen) atoms. The number of ether oxygens (including phenoxy) is 1. The van der Waals surface area contributed by atoms with Gasteiger partial charge >= 0.3 is 5.97 Å². The quantitative estimate of drug-likeness (QED) is 0.512. The summed E-state index contributed by atoms with van der Waals surface area (Å²) in [7, 11) is 0. The van der Waals surface area contributed by atoms with Crippen LogP contribution < -0.4 is 0 Å². The number of hydrogen-bond donors (Lipinski definition) is 0. The van der Waals surface area contributed by atoms with Gasteiger partial charge in [-0.1, -0.05) is 26.7 Å². The molecule has 4 saturated carbocycles. The third kappa shape index (κ3) is 3.68. The van der Waals surface area contributed by atoms with E-state index in [1.54, 1.807) is 0 Å². The first-order valence-corrected chi connectivity index (χ1v) is 10.8.